The molecule has 0 aliphatic carbocycles. The number of ether oxygens (including phenoxy) is 1. The Labute approximate surface area is 225 Å². The second-order valence-corrected chi connectivity index (χ2v) is 12.8. The van der Waals surface area contributed by atoms with Gasteiger partial charge < -0.3 is 4.74 Å². The van der Waals surface area contributed by atoms with Crippen LogP contribution in [0.4, 0.5) is 0 Å². The Bertz CT molecular complexity index is 1530. The highest BCUT2D eigenvalue weighted by Crippen LogP contribution is 2.38. The lowest BCUT2D eigenvalue weighted by atomic mass is 10.0. The molecule has 0 radical (unpaired) electrons. The fourth-order valence-electron chi connectivity index (χ4n) is 4.48. The molecular formula is C27H25N3O4S3. The number of carbonyl (C=O) groups is 1. The number of rotatable bonds is 7. The molecule has 1 amide bonds. The summed E-state index contributed by atoms with van der Waals surface area (Å²) in [6.45, 7) is 6.09. The predicted octanol–water partition coefficient (Wildman–Crippen LogP) is 4.80. The molecule has 1 atom stereocenters. The molecule has 190 valence electrons. The lowest BCUT2D eigenvalue weighted by Gasteiger charge is -2.20. The summed E-state index contributed by atoms with van der Waals surface area (Å²) in [6, 6.07) is 15.1. The van der Waals surface area contributed by atoms with Crippen LogP contribution in [0.3, 0.4) is 0 Å². The van der Waals surface area contributed by atoms with Crippen molar-refractivity contribution in [2.45, 2.75) is 19.4 Å². The molecule has 2 aliphatic rings. The highest BCUT2D eigenvalue weighted by Gasteiger charge is 2.42. The van der Waals surface area contributed by atoms with Crippen molar-refractivity contribution < 1.29 is 17.9 Å². The summed E-state index contributed by atoms with van der Waals surface area (Å²) in [5, 5.41) is 4.87. The lowest BCUT2D eigenvalue weighted by Crippen LogP contribution is -2.39. The maximum Gasteiger partial charge on any atom is 0.266 e. The summed E-state index contributed by atoms with van der Waals surface area (Å²) in [6.07, 6.45) is 5.78. The molecule has 3 heterocycles. The van der Waals surface area contributed by atoms with E-state index in [0.717, 1.165) is 28.1 Å². The van der Waals surface area contributed by atoms with Crippen LogP contribution in [0.2, 0.25) is 0 Å². The molecule has 0 bridgehead atoms. The number of hydrogen-bond acceptors (Lipinski definition) is 7. The number of sulfone groups is 1. The van der Waals surface area contributed by atoms with Gasteiger partial charge in [0.1, 0.15) is 22.4 Å². The summed E-state index contributed by atoms with van der Waals surface area (Å²) in [7, 11) is -3.15. The van der Waals surface area contributed by atoms with E-state index in [1.54, 1.807) is 16.8 Å². The van der Waals surface area contributed by atoms with E-state index in [4.69, 9.17) is 22.1 Å². The van der Waals surface area contributed by atoms with Crippen molar-refractivity contribution in [2.75, 3.05) is 18.1 Å². The first-order valence-electron chi connectivity index (χ1n) is 11.7. The Kier molecular flexibility index (Phi) is 7.06. The van der Waals surface area contributed by atoms with Gasteiger partial charge in [-0.25, -0.2) is 13.1 Å². The van der Waals surface area contributed by atoms with Gasteiger partial charge in [0.2, 0.25) is 0 Å². The summed E-state index contributed by atoms with van der Waals surface area (Å²) in [5.74, 6) is 0.495. The first kappa shape index (κ1) is 25.4. The van der Waals surface area contributed by atoms with Crippen LogP contribution < -0.4 is 4.74 Å². The molecule has 2 saturated heterocycles. The van der Waals surface area contributed by atoms with Crippen molar-refractivity contribution in [3.63, 3.8) is 0 Å². The molecular weight excluding hydrogens is 527 g/mol. The van der Waals surface area contributed by atoms with Crippen molar-refractivity contribution in [1.29, 1.82) is 0 Å². The molecule has 2 aromatic carbocycles. The molecule has 0 saturated carbocycles. The molecule has 0 spiro atoms. The Morgan fingerprint density at radius 3 is 2.70 bits per heavy atom. The average molecular weight is 552 g/mol. The van der Waals surface area contributed by atoms with E-state index in [2.05, 4.69) is 6.58 Å². The number of carbonyl (C=O) groups excluding carboxylic acids is 1. The molecule has 10 heteroatoms. The number of thiocarbonyl (C=S) groups is 1. The van der Waals surface area contributed by atoms with Crippen LogP contribution in [-0.4, -0.2) is 57.5 Å². The summed E-state index contributed by atoms with van der Waals surface area (Å²) in [4.78, 5) is 15.3. The average Bonchev–Trinajstić information content (AvgIpc) is 3.53. The Hall–Kier alpha value is -3.21. The predicted molar refractivity (Wildman–Crippen MR) is 151 cm³/mol. The zero-order valence-electron chi connectivity index (χ0n) is 20.2. The quantitative estimate of drug-likeness (QED) is 0.237. The molecule has 0 N–H and O–H groups in total. The number of thioether (sulfide) groups is 1. The minimum absolute atomic E-state index is 0.0522. The van der Waals surface area contributed by atoms with Gasteiger partial charge >= 0.3 is 0 Å². The smallest absolute Gasteiger partial charge is 0.266 e. The van der Waals surface area contributed by atoms with Gasteiger partial charge in [-0.1, -0.05) is 54.8 Å². The number of amides is 1. The minimum Gasteiger partial charge on any atom is -0.490 e. The molecule has 2 fully saturated rings. The van der Waals surface area contributed by atoms with Gasteiger partial charge in [-0.05, 0) is 55.3 Å². The molecule has 1 unspecified atom stereocenters. The van der Waals surface area contributed by atoms with Crippen LogP contribution in [0.15, 0.2) is 72.3 Å². The molecule has 37 heavy (non-hydrogen) atoms. The summed E-state index contributed by atoms with van der Waals surface area (Å²) in [5.41, 5.74) is 4.23. The monoisotopic (exact) mass is 551 g/mol. The Morgan fingerprint density at radius 2 is 2.03 bits per heavy atom. The third kappa shape index (κ3) is 5.27. The topological polar surface area (TPSA) is 81.5 Å². The second kappa shape index (κ2) is 10.3. The van der Waals surface area contributed by atoms with Crippen LogP contribution >= 0.6 is 24.0 Å². The number of aromatic nitrogens is 2. The highest BCUT2D eigenvalue weighted by molar-refractivity contribution is 8.26. The Morgan fingerprint density at radius 1 is 1.24 bits per heavy atom. The van der Waals surface area contributed by atoms with Gasteiger partial charge in [0.05, 0.1) is 28.1 Å². The van der Waals surface area contributed by atoms with E-state index < -0.39 is 15.9 Å². The SMILES string of the molecule is C=CCOc1ccc(-c2nn(-c3ccccc3)cc2C=C2SC(=S)N(C3CCS(=O)(=O)C3)C2=O)c(C)c1. The van der Waals surface area contributed by atoms with Gasteiger partial charge in [0.25, 0.3) is 5.91 Å². The Balaban J connectivity index is 1.54. The van der Waals surface area contributed by atoms with Crippen molar-refractivity contribution >= 4 is 50.1 Å². The lowest BCUT2D eigenvalue weighted by molar-refractivity contribution is -0.123. The van der Waals surface area contributed by atoms with Crippen LogP contribution in [-0.2, 0) is 14.6 Å². The fraction of sp³-hybridized carbons (Fsp3) is 0.222. The molecule has 5 rings (SSSR count). The van der Waals surface area contributed by atoms with E-state index in [1.807, 2.05) is 61.7 Å². The largest absolute Gasteiger partial charge is 0.490 e. The van der Waals surface area contributed by atoms with E-state index in [1.165, 1.54) is 16.7 Å². The molecule has 1 aromatic heterocycles. The van der Waals surface area contributed by atoms with Gasteiger partial charge in [-0.2, -0.15) is 5.10 Å². The van der Waals surface area contributed by atoms with Crippen molar-refractivity contribution in [1.82, 2.24) is 14.7 Å². The van der Waals surface area contributed by atoms with E-state index in [9.17, 15) is 13.2 Å². The first-order chi connectivity index (χ1) is 17.8. The number of aryl methyl sites for hydroxylation is 1. The normalized spacial score (nSPS) is 20.1. The second-order valence-electron chi connectivity index (χ2n) is 8.90. The van der Waals surface area contributed by atoms with Crippen LogP contribution in [0.25, 0.3) is 23.0 Å². The van der Waals surface area contributed by atoms with Crippen molar-refractivity contribution in [3.8, 4) is 22.7 Å². The standard InChI is InChI=1S/C27H25N3O4S3/c1-3-12-34-22-9-10-23(18(2)14-22)25-19(16-29(28-25)20-7-5-4-6-8-20)15-24-26(31)30(27(35)36-24)21-11-13-37(32,33)17-21/h3-10,14-16,21H,1,11-13,17H2,2H3. The molecule has 7 nitrogen and oxygen atoms in total. The number of hydrogen-bond donors (Lipinski definition) is 0. The fourth-order valence-corrected chi connectivity index (χ4v) is 7.57. The van der Waals surface area contributed by atoms with Crippen LogP contribution in [0.5, 0.6) is 5.75 Å². The number of para-hydroxylation sites is 1. The van der Waals surface area contributed by atoms with Gasteiger partial charge in [-0.15, -0.1) is 0 Å². The first-order valence-corrected chi connectivity index (χ1v) is 14.8. The van der Waals surface area contributed by atoms with E-state index in [0.29, 0.717) is 27.9 Å². The zero-order valence-corrected chi connectivity index (χ0v) is 22.6. The van der Waals surface area contributed by atoms with Crippen LogP contribution in [0.1, 0.15) is 17.5 Å². The maximum atomic E-state index is 13.4. The summed E-state index contributed by atoms with van der Waals surface area (Å²) >= 11 is 6.69. The third-order valence-electron chi connectivity index (χ3n) is 6.27. The summed E-state index contributed by atoms with van der Waals surface area (Å²) < 4.78 is 31.9. The third-order valence-corrected chi connectivity index (χ3v) is 9.35. The minimum atomic E-state index is -3.15. The highest BCUT2D eigenvalue weighted by atomic mass is 32.2. The zero-order chi connectivity index (χ0) is 26.2. The van der Waals surface area contributed by atoms with Crippen molar-refractivity contribution in [3.05, 3.63) is 83.4 Å². The molecule has 3 aromatic rings. The number of nitrogens with zero attached hydrogens (tertiary/aromatic N) is 3. The van der Waals surface area contributed by atoms with Gasteiger partial charge in [-0.3, -0.25) is 9.69 Å². The van der Waals surface area contributed by atoms with Crippen molar-refractivity contribution in [2.24, 2.45) is 0 Å². The molecule has 2 aliphatic heterocycles. The van der Waals surface area contributed by atoms with E-state index >= 15 is 0 Å². The van der Waals surface area contributed by atoms with Crippen LogP contribution in [0, 0.1) is 6.92 Å². The van der Waals surface area contributed by atoms with E-state index in [-0.39, 0.29) is 17.4 Å². The maximum absolute atomic E-state index is 13.4. The number of benzene rings is 2. The van der Waals surface area contributed by atoms with Gasteiger partial charge in [0.15, 0.2) is 9.84 Å². The van der Waals surface area contributed by atoms with Gasteiger partial charge in [0, 0.05) is 17.3 Å².